The van der Waals surface area contributed by atoms with Crippen molar-refractivity contribution in [3.05, 3.63) is 34.6 Å². The lowest BCUT2D eigenvalue weighted by Crippen LogP contribution is -2.26. The lowest BCUT2D eigenvalue weighted by atomic mass is 10.2. The van der Waals surface area contributed by atoms with Gasteiger partial charge in [-0.25, -0.2) is 4.98 Å². The van der Waals surface area contributed by atoms with Crippen LogP contribution in [0.5, 0.6) is 0 Å². The Kier molecular flexibility index (Phi) is 4.23. The van der Waals surface area contributed by atoms with Gasteiger partial charge < -0.3 is 0 Å². The molecule has 1 aromatic carbocycles. The van der Waals surface area contributed by atoms with E-state index in [-0.39, 0.29) is 11.6 Å². The van der Waals surface area contributed by atoms with Crippen LogP contribution in [0.2, 0.25) is 0 Å². The summed E-state index contributed by atoms with van der Waals surface area (Å²) in [6.45, 7) is 4.03. The zero-order valence-electron chi connectivity index (χ0n) is 11.0. The van der Waals surface area contributed by atoms with Crippen LogP contribution < -0.4 is 5.56 Å². The zero-order chi connectivity index (χ0) is 13.8. The molecule has 2 aromatic rings. The van der Waals surface area contributed by atoms with Crippen molar-refractivity contribution >= 4 is 22.7 Å². The van der Waals surface area contributed by atoms with E-state index < -0.39 is 0 Å². The maximum atomic E-state index is 12.5. The van der Waals surface area contributed by atoms with E-state index in [2.05, 4.69) is 11.1 Å². The lowest BCUT2D eigenvalue weighted by molar-refractivity contribution is 0.468. The van der Waals surface area contributed by atoms with E-state index in [4.69, 9.17) is 5.26 Å². The molecule has 0 aliphatic carbocycles. The number of nitrogens with zero attached hydrogens (tertiary/aromatic N) is 3. The second-order valence-corrected chi connectivity index (χ2v) is 5.23. The molecule has 98 valence electrons. The van der Waals surface area contributed by atoms with Crippen LogP contribution in [-0.4, -0.2) is 15.3 Å². The number of benzene rings is 1. The normalized spacial score (nSPS) is 12.3. The van der Waals surface area contributed by atoms with Crippen molar-refractivity contribution in [2.24, 2.45) is 0 Å². The molecule has 0 aliphatic heterocycles. The van der Waals surface area contributed by atoms with E-state index in [1.54, 1.807) is 10.6 Å². The van der Waals surface area contributed by atoms with Crippen molar-refractivity contribution in [2.75, 3.05) is 5.75 Å². The summed E-state index contributed by atoms with van der Waals surface area (Å²) in [6.07, 6.45) is 0.847. The van der Waals surface area contributed by atoms with Crippen molar-refractivity contribution in [1.29, 1.82) is 5.26 Å². The SMILES string of the molecule is CCC(C)n1c(SCC#N)nc2ccccc2c1=O. The highest BCUT2D eigenvalue weighted by Crippen LogP contribution is 2.21. The molecule has 2 rings (SSSR count). The lowest BCUT2D eigenvalue weighted by Gasteiger charge is -2.17. The predicted molar refractivity (Wildman–Crippen MR) is 77.3 cm³/mol. The van der Waals surface area contributed by atoms with Gasteiger partial charge in [0.1, 0.15) is 0 Å². The molecule has 19 heavy (non-hydrogen) atoms. The third-order valence-electron chi connectivity index (χ3n) is 3.07. The van der Waals surface area contributed by atoms with Gasteiger partial charge in [0.2, 0.25) is 0 Å². The summed E-state index contributed by atoms with van der Waals surface area (Å²) < 4.78 is 1.70. The highest BCUT2D eigenvalue weighted by Gasteiger charge is 2.14. The highest BCUT2D eigenvalue weighted by molar-refractivity contribution is 7.99. The van der Waals surface area contributed by atoms with E-state index in [1.807, 2.05) is 32.0 Å². The van der Waals surface area contributed by atoms with Crippen LogP contribution >= 0.6 is 11.8 Å². The second kappa shape index (κ2) is 5.89. The van der Waals surface area contributed by atoms with E-state index in [9.17, 15) is 4.79 Å². The van der Waals surface area contributed by atoms with E-state index >= 15 is 0 Å². The summed E-state index contributed by atoms with van der Waals surface area (Å²) in [7, 11) is 0. The summed E-state index contributed by atoms with van der Waals surface area (Å²) in [5, 5.41) is 9.96. The molecule has 0 N–H and O–H groups in total. The molecule has 1 unspecified atom stereocenters. The fourth-order valence-corrected chi connectivity index (χ4v) is 2.65. The Morgan fingerprint density at radius 1 is 1.47 bits per heavy atom. The highest BCUT2D eigenvalue weighted by atomic mass is 32.2. The molecule has 0 bridgehead atoms. The Morgan fingerprint density at radius 3 is 2.89 bits per heavy atom. The Balaban J connectivity index is 2.70. The van der Waals surface area contributed by atoms with Crippen molar-refractivity contribution in [3.8, 4) is 6.07 Å². The molecule has 1 aromatic heterocycles. The minimum atomic E-state index is -0.0274. The number of nitriles is 1. The van der Waals surface area contributed by atoms with Crippen LogP contribution in [0.1, 0.15) is 26.3 Å². The van der Waals surface area contributed by atoms with Gasteiger partial charge in [-0.15, -0.1) is 0 Å². The second-order valence-electron chi connectivity index (χ2n) is 4.29. The number of hydrogen-bond donors (Lipinski definition) is 0. The number of fused-ring (bicyclic) bond motifs is 1. The third kappa shape index (κ3) is 2.64. The van der Waals surface area contributed by atoms with Gasteiger partial charge in [-0.2, -0.15) is 5.26 Å². The molecule has 0 fully saturated rings. The minimum absolute atomic E-state index is 0.0274. The number of thioether (sulfide) groups is 1. The number of rotatable bonds is 4. The molecule has 0 saturated carbocycles. The first-order valence-corrected chi connectivity index (χ1v) is 7.18. The Morgan fingerprint density at radius 2 is 2.21 bits per heavy atom. The van der Waals surface area contributed by atoms with E-state index in [0.29, 0.717) is 21.8 Å². The first-order valence-electron chi connectivity index (χ1n) is 6.20. The van der Waals surface area contributed by atoms with Gasteiger partial charge in [-0.05, 0) is 25.5 Å². The van der Waals surface area contributed by atoms with Crippen LogP contribution in [0.15, 0.2) is 34.2 Å². The van der Waals surface area contributed by atoms with Gasteiger partial charge in [-0.1, -0.05) is 30.8 Å². The Hall–Kier alpha value is -1.80. The van der Waals surface area contributed by atoms with Crippen LogP contribution in [0.4, 0.5) is 0 Å². The van der Waals surface area contributed by atoms with Gasteiger partial charge in [0, 0.05) is 6.04 Å². The molecule has 0 amide bonds. The molecule has 0 spiro atoms. The first kappa shape index (κ1) is 13.6. The zero-order valence-corrected chi connectivity index (χ0v) is 11.8. The average molecular weight is 273 g/mol. The van der Waals surface area contributed by atoms with Gasteiger partial charge >= 0.3 is 0 Å². The summed E-state index contributed by atoms with van der Waals surface area (Å²) in [5.74, 6) is 0.293. The number of aromatic nitrogens is 2. The smallest absolute Gasteiger partial charge is 0.262 e. The first-order chi connectivity index (χ1) is 9.19. The van der Waals surface area contributed by atoms with Gasteiger partial charge in [0.15, 0.2) is 5.16 Å². The Labute approximate surface area is 116 Å². The maximum Gasteiger partial charge on any atom is 0.262 e. The molecule has 1 atom stereocenters. The quantitative estimate of drug-likeness (QED) is 0.634. The summed E-state index contributed by atoms with van der Waals surface area (Å²) >= 11 is 1.31. The van der Waals surface area contributed by atoms with Crippen molar-refractivity contribution in [1.82, 2.24) is 9.55 Å². The molecule has 0 aliphatic rings. The molecule has 4 nitrogen and oxygen atoms in total. The fraction of sp³-hybridized carbons (Fsp3) is 0.357. The van der Waals surface area contributed by atoms with Crippen LogP contribution in [0.3, 0.4) is 0 Å². The Bertz CT molecular complexity index is 687. The molecule has 0 radical (unpaired) electrons. The van der Waals surface area contributed by atoms with Crippen LogP contribution in [-0.2, 0) is 0 Å². The largest absolute Gasteiger partial charge is 0.284 e. The van der Waals surface area contributed by atoms with Crippen molar-refractivity contribution in [2.45, 2.75) is 31.5 Å². The van der Waals surface area contributed by atoms with Crippen molar-refractivity contribution in [3.63, 3.8) is 0 Å². The summed E-state index contributed by atoms with van der Waals surface area (Å²) in [5.41, 5.74) is 0.660. The standard InChI is InChI=1S/C14H15N3OS/c1-3-10(2)17-13(18)11-6-4-5-7-12(11)16-14(17)19-9-8-15/h4-7,10H,3,9H2,1-2H3. The monoisotopic (exact) mass is 273 g/mol. The predicted octanol–water partition coefficient (Wildman–Crippen LogP) is 2.98. The molecular weight excluding hydrogens is 258 g/mol. The van der Waals surface area contributed by atoms with Crippen LogP contribution in [0.25, 0.3) is 10.9 Å². The van der Waals surface area contributed by atoms with Gasteiger partial charge in [0.05, 0.1) is 22.7 Å². The van der Waals surface area contributed by atoms with E-state index in [1.165, 1.54) is 11.8 Å². The molecule has 1 heterocycles. The van der Waals surface area contributed by atoms with Crippen LogP contribution in [0, 0.1) is 11.3 Å². The topological polar surface area (TPSA) is 58.7 Å². The molecule has 0 saturated heterocycles. The average Bonchev–Trinajstić information content (AvgIpc) is 2.44. The summed E-state index contributed by atoms with van der Waals surface area (Å²) in [4.78, 5) is 17.1. The van der Waals surface area contributed by atoms with Crippen molar-refractivity contribution < 1.29 is 0 Å². The molecule has 5 heteroatoms. The maximum absolute atomic E-state index is 12.5. The minimum Gasteiger partial charge on any atom is -0.284 e. The number of hydrogen-bond acceptors (Lipinski definition) is 4. The number of para-hydroxylation sites is 1. The van der Waals surface area contributed by atoms with Gasteiger partial charge in [0.25, 0.3) is 5.56 Å². The third-order valence-corrected chi connectivity index (χ3v) is 3.89. The van der Waals surface area contributed by atoms with Gasteiger partial charge in [-0.3, -0.25) is 9.36 Å². The summed E-state index contributed by atoms with van der Waals surface area (Å²) in [6, 6.07) is 9.48. The van der Waals surface area contributed by atoms with E-state index in [0.717, 1.165) is 6.42 Å². The fourth-order valence-electron chi connectivity index (χ4n) is 1.90. The molecular formula is C14H15N3OS.